The summed E-state index contributed by atoms with van der Waals surface area (Å²) in [4.78, 5) is 27.6. The van der Waals surface area contributed by atoms with Gasteiger partial charge in [0.1, 0.15) is 17.6 Å². The minimum absolute atomic E-state index is 0.0195. The van der Waals surface area contributed by atoms with Gasteiger partial charge in [-0.25, -0.2) is 0 Å². The molecule has 0 aliphatic carbocycles. The summed E-state index contributed by atoms with van der Waals surface area (Å²) in [5, 5.41) is 21.6. The van der Waals surface area contributed by atoms with Gasteiger partial charge >= 0.3 is 0 Å². The Morgan fingerprint density at radius 2 is 2.00 bits per heavy atom. The Labute approximate surface area is 205 Å². The number of aromatic hydroxyl groups is 1. The molecule has 2 aliphatic heterocycles. The Morgan fingerprint density at radius 1 is 1.24 bits per heavy atom. The average Bonchev–Trinajstić information content (AvgIpc) is 3.31. The second-order valence-electron chi connectivity index (χ2n) is 8.35. The summed E-state index contributed by atoms with van der Waals surface area (Å²) in [5.41, 5.74) is 1.85. The molecule has 9 heteroatoms. The molecular weight excluding hydrogens is 506 g/mol. The van der Waals surface area contributed by atoms with Crippen molar-refractivity contribution in [2.45, 2.75) is 31.9 Å². The van der Waals surface area contributed by atoms with E-state index in [4.69, 9.17) is 14.2 Å². The molecule has 180 valence electrons. The first-order valence-electron chi connectivity index (χ1n) is 10.9. The molecule has 4 rings (SSSR count). The van der Waals surface area contributed by atoms with Gasteiger partial charge in [-0.1, -0.05) is 0 Å². The molecule has 0 bridgehead atoms. The molecule has 2 heterocycles. The SMILES string of the molecule is COCCCN1C(=O)C(=O)C(=C(O)c2ccc3c(c2)C[C@H](C)O3)[C@H]1c1cc(Br)c(O)c(OC)c1. The first-order valence-corrected chi connectivity index (χ1v) is 11.7. The van der Waals surface area contributed by atoms with Gasteiger partial charge < -0.3 is 29.3 Å². The molecule has 34 heavy (non-hydrogen) atoms. The van der Waals surface area contributed by atoms with Gasteiger partial charge in [-0.05, 0) is 70.7 Å². The van der Waals surface area contributed by atoms with Crippen molar-refractivity contribution in [3.63, 3.8) is 0 Å². The van der Waals surface area contributed by atoms with E-state index in [9.17, 15) is 19.8 Å². The second-order valence-corrected chi connectivity index (χ2v) is 9.20. The van der Waals surface area contributed by atoms with Crippen LogP contribution in [-0.2, 0) is 20.7 Å². The van der Waals surface area contributed by atoms with Crippen molar-refractivity contribution >= 4 is 33.4 Å². The van der Waals surface area contributed by atoms with Gasteiger partial charge in [0.2, 0.25) is 0 Å². The highest BCUT2D eigenvalue weighted by atomic mass is 79.9. The zero-order valence-electron chi connectivity index (χ0n) is 19.1. The number of phenols is 1. The average molecular weight is 532 g/mol. The van der Waals surface area contributed by atoms with Crippen LogP contribution < -0.4 is 9.47 Å². The van der Waals surface area contributed by atoms with E-state index >= 15 is 0 Å². The molecule has 2 atom stereocenters. The lowest BCUT2D eigenvalue weighted by atomic mass is 9.94. The zero-order valence-corrected chi connectivity index (χ0v) is 20.7. The molecule has 0 unspecified atom stereocenters. The number of carbonyl (C=O) groups excluding carboxylic acids is 2. The number of fused-ring (bicyclic) bond motifs is 1. The summed E-state index contributed by atoms with van der Waals surface area (Å²) in [6, 6.07) is 7.53. The maximum Gasteiger partial charge on any atom is 0.295 e. The van der Waals surface area contributed by atoms with Crippen LogP contribution in [0.3, 0.4) is 0 Å². The van der Waals surface area contributed by atoms with Crippen LogP contribution in [0.15, 0.2) is 40.4 Å². The molecule has 8 nitrogen and oxygen atoms in total. The topological polar surface area (TPSA) is 106 Å². The van der Waals surface area contributed by atoms with Gasteiger partial charge in [0, 0.05) is 32.2 Å². The molecule has 0 saturated carbocycles. The number of aliphatic hydroxyl groups excluding tert-OH is 1. The van der Waals surface area contributed by atoms with Crippen molar-refractivity contribution in [2.75, 3.05) is 27.4 Å². The third-order valence-electron chi connectivity index (χ3n) is 6.04. The number of nitrogens with zero attached hydrogens (tertiary/aromatic N) is 1. The number of carbonyl (C=O) groups is 2. The monoisotopic (exact) mass is 531 g/mol. The molecule has 2 aliphatic rings. The Kier molecular flexibility index (Phi) is 6.86. The van der Waals surface area contributed by atoms with Crippen LogP contribution in [0.2, 0.25) is 0 Å². The smallest absolute Gasteiger partial charge is 0.295 e. The van der Waals surface area contributed by atoms with E-state index in [-0.39, 0.29) is 35.5 Å². The van der Waals surface area contributed by atoms with Gasteiger partial charge in [0.25, 0.3) is 11.7 Å². The summed E-state index contributed by atoms with van der Waals surface area (Å²) >= 11 is 3.31. The predicted molar refractivity (Wildman–Crippen MR) is 128 cm³/mol. The fourth-order valence-corrected chi connectivity index (χ4v) is 4.93. The lowest BCUT2D eigenvalue weighted by Gasteiger charge is -2.26. The van der Waals surface area contributed by atoms with Crippen molar-refractivity contribution in [1.82, 2.24) is 4.90 Å². The van der Waals surface area contributed by atoms with Crippen molar-refractivity contribution in [3.05, 3.63) is 57.1 Å². The number of Topliss-reactive ketones (excluding diaryl/α,β-unsaturated/α-hetero) is 1. The highest BCUT2D eigenvalue weighted by Crippen LogP contribution is 2.44. The summed E-state index contributed by atoms with van der Waals surface area (Å²) in [6.07, 6.45) is 1.22. The van der Waals surface area contributed by atoms with E-state index < -0.39 is 17.7 Å². The Balaban J connectivity index is 1.86. The molecule has 1 fully saturated rings. The fourth-order valence-electron chi connectivity index (χ4n) is 4.47. The summed E-state index contributed by atoms with van der Waals surface area (Å²) in [6.45, 7) is 2.61. The summed E-state index contributed by atoms with van der Waals surface area (Å²) in [7, 11) is 2.97. The molecule has 2 aromatic rings. The lowest BCUT2D eigenvalue weighted by molar-refractivity contribution is -0.140. The van der Waals surface area contributed by atoms with E-state index in [2.05, 4.69) is 15.9 Å². The van der Waals surface area contributed by atoms with Crippen LogP contribution in [0.25, 0.3) is 5.76 Å². The Bertz CT molecular complexity index is 1180. The lowest BCUT2D eigenvalue weighted by Crippen LogP contribution is -2.31. The van der Waals surface area contributed by atoms with Crippen molar-refractivity contribution in [3.8, 4) is 17.2 Å². The second kappa shape index (κ2) is 9.68. The van der Waals surface area contributed by atoms with Gasteiger partial charge in [-0.3, -0.25) is 9.59 Å². The first kappa shape index (κ1) is 24.1. The van der Waals surface area contributed by atoms with Gasteiger partial charge in [-0.15, -0.1) is 0 Å². The maximum atomic E-state index is 13.2. The van der Waals surface area contributed by atoms with E-state index in [0.29, 0.717) is 35.0 Å². The summed E-state index contributed by atoms with van der Waals surface area (Å²) < 4.78 is 16.5. The number of phenolic OH excluding ortho intramolecular Hbond substituents is 1. The van der Waals surface area contributed by atoms with E-state index in [1.165, 1.54) is 12.0 Å². The molecule has 2 aromatic carbocycles. The van der Waals surface area contributed by atoms with Gasteiger partial charge in [0.15, 0.2) is 11.5 Å². The number of rotatable bonds is 7. The molecule has 1 amide bonds. The number of amides is 1. The zero-order chi connectivity index (χ0) is 24.6. The maximum absolute atomic E-state index is 13.2. The van der Waals surface area contributed by atoms with Crippen LogP contribution in [-0.4, -0.2) is 60.3 Å². The number of benzene rings is 2. The van der Waals surface area contributed by atoms with Gasteiger partial charge in [-0.2, -0.15) is 0 Å². The fraction of sp³-hybridized carbons (Fsp3) is 0.360. The van der Waals surface area contributed by atoms with Crippen LogP contribution in [0.1, 0.15) is 36.1 Å². The van der Waals surface area contributed by atoms with Crippen molar-refractivity contribution in [2.24, 2.45) is 0 Å². The van der Waals surface area contributed by atoms with Crippen LogP contribution in [0.5, 0.6) is 17.2 Å². The van der Waals surface area contributed by atoms with E-state index in [0.717, 1.165) is 11.3 Å². The number of hydrogen-bond donors (Lipinski definition) is 2. The summed E-state index contributed by atoms with van der Waals surface area (Å²) in [5.74, 6) is -0.918. The molecular formula is C25H26BrNO7. The number of ether oxygens (including phenoxy) is 3. The van der Waals surface area contributed by atoms with Gasteiger partial charge in [0.05, 0.1) is 23.2 Å². The van der Waals surface area contributed by atoms with Crippen molar-refractivity contribution < 1.29 is 34.0 Å². The highest BCUT2D eigenvalue weighted by Gasteiger charge is 2.46. The number of hydrogen-bond acceptors (Lipinski definition) is 7. The highest BCUT2D eigenvalue weighted by molar-refractivity contribution is 9.10. The number of halogens is 1. The molecule has 2 N–H and O–H groups in total. The molecule has 0 radical (unpaired) electrons. The molecule has 1 saturated heterocycles. The van der Waals surface area contributed by atoms with Crippen LogP contribution in [0.4, 0.5) is 0 Å². The minimum atomic E-state index is -0.869. The number of likely N-dealkylation sites (tertiary alicyclic amines) is 1. The molecule has 0 spiro atoms. The number of methoxy groups -OCH3 is 2. The third-order valence-corrected chi connectivity index (χ3v) is 6.65. The Hall–Kier alpha value is -3.04. The normalized spacial score (nSPS) is 21.0. The Morgan fingerprint density at radius 3 is 2.71 bits per heavy atom. The van der Waals surface area contributed by atoms with Crippen LogP contribution >= 0.6 is 15.9 Å². The standard InChI is InChI=1S/C25H26BrNO7/c1-13-9-15-10-14(5-6-18(15)34-13)22(28)20-21(16-11-17(26)23(29)19(12-16)33-3)27(7-4-8-32-2)25(31)24(20)30/h5-6,10-13,21,28-29H,4,7-9H2,1-3H3/t13-,21+/m0/s1. The quantitative estimate of drug-likeness (QED) is 0.241. The molecule has 0 aromatic heterocycles. The minimum Gasteiger partial charge on any atom is -0.507 e. The van der Waals surface area contributed by atoms with Crippen LogP contribution in [0, 0.1) is 0 Å². The van der Waals surface area contributed by atoms with E-state index in [1.807, 2.05) is 6.92 Å². The van der Waals surface area contributed by atoms with Crippen molar-refractivity contribution in [1.29, 1.82) is 0 Å². The van der Waals surface area contributed by atoms with E-state index in [1.54, 1.807) is 37.4 Å². The first-order chi connectivity index (χ1) is 16.3. The predicted octanol–water partition coefficient (Wildman–Crippen LogP) is 3.94. The largest absolute Gasteiger partial charge is 0.507 e. The third kappa shape index (κ3) is 4.25. The number of ketones is 1. The number of aliphatic hydroxyl groups is 1.